The summed E-state index contributed by atoms with van der Waals surface area (Å²) in [5, 5.41) is 15.2. The first-order chi connectivity index (χ1) is 9.78. The van der Waals surface area contributed by atoms with E-state index in [0.29, 0.717) is 0 Å². The van der Waals surface area contributed by atoms with Crippen molar-refractivity contribution in [3.63, 3.8) is 0 Å². The van der Waals surface area contributed by atoms with E-state index in [0.717, 1.165) is 0 Å². The molecular formula is C8H7F13O2. The molecule has 0 heterocycles. The van der Waals surface area contributed by atoms with Crippen LogP contribution in [0, 0.1) is 0 Å². The van der Waals surface area contributed by atoms with Gasteiger partial charge in [0.1, 0.15) is 13.2 Å². The third-order valence-corrected chi connectivity index (χ3v) is 1.88. The Morgan fingerprint density at radius 2 is 1.00 bits per heavy atom. The molecule has 0 fully saturated rings. The standard InChI is InChI=1S/C4H3F7O.C4H4F6O/c5-2(6,1-12)3(7,8)4(9,10)11;5-2(4(8,9)10)3(6,7)1-11/h12H,1H2;2,11H,1H2. The summed E-state index contributed by atoms with van der Waals surface area (Å²) in [6, 6.07) is 0. The van der Waals surface area contributed by atoms with Gasteiger partial charge in [-0.3, -0.25) is 0 Å². The summed E-state index contributed by atoms with van der Waals surface area (Å²) in [4.78, 5) is 0. The van der Waals surface area contributed by atoms with Gasteiger partial charge in [-0.15, -0.1) is 0 Å². The maximum Gasteiger partial charge on any atom is 0.459 e. The number of aliphatic hydroxyl groups is 2. The molecule has 0 radical (unpaired) electrons. The molecule has 1 unspecified atom stereocenters. The number of hydrogen-bond acceptors (Lipinski definition) is 2. The van der Waals surface area contributed by atoms with Crippen LogP contribution in [0.25, 0.3) is 0 Å². The molecule has 0 saturated carbocycles. The number of halogens is 13. The summed E-state index contributed by atoms with van der Waals surface area (Å²) in [7, 11) is 0. The quantitative estimate of drug-likeness (QED) is 0.733. The molecule has 0 rings (SSSR count). The topological polar surface area (TPSA) is 40.5 Å². The minimum absolute atomic E-state index is 2.16. The molecule has 23 heavy (non-hydrogen) atoms. The third kappa shape index (κ3) is 6.19. The molecular weight excluding hydrogens is 375 g/mol. The molecule has 0 bridgehead atoms. The van der Waals surface area contributed by atoms with Gasteiger partial charge < -0.3 is 10.2 Å². The van der Waals surface area contributed by atoms with Gasteiger partial charge in [-0.25, -0.2) is 13.2 Å². The fourth-order valence-corrected chi connectivity index (χ4v) is 0.626. The highest BCUT2D eigenvalue weighted by molar-refractivity contribution is 4.90. The maximum atomic E-state index is 11.7. The van der Waals surface area contributed by atoms with Crippen LogP contribution in [0.5, 0.6) is 0 Å². The van der Waals surface area contributed by atoms with Crippen molar-refractivity contribution in [3.05, 3.63) is 0 Å². The van der Waals surface area contributed by atoms with Crippen molar-refractivity contribution in [2.24, 2.45) is 0 Å². The number of aliphatic hydroxyl groups excluding tert-OH is 2. The molecule has 15 heteroatoms. The van der Waals surface area contributed by atoms with Crippen LogP contribution in [0.1, 0.15) is 0 Å². The normalized spacial score (nSPS) is 15.8. The lowest BCUT2D eigenvalue weighted by Gasteiger charge is -2.26. The number of alkyl halides is 13. The molecule has 2 nitrogen and oxygen atoms in total. The van der Waals surface area contributed by atoms with Crippen LogP contribution >= 0.6 is 0 Å². The van der Waals surface area contributed by atoms with Crippen LogP contribution < -0.4 is 0 Å². The van der Waals surface area contributed by atoms with Gasteiger partial charge in [0.2, 0.25) is 0 Å². The lowest BCUT2D eigenvalue weighted by molar-refractivity contribution is -0.359. The largest absolute Gasteiger partial charge is 0.459 e. The molecule has 2 N–H and O–H groups in total. The van der Waals surface area contributed by atoms with Crippen molar-refractivity contribution in [2.75, 3.05) is 13.2 Å². The highest BCUT2D eigenvalue weighted by Crippen LogP contribution is 2.45. The summed E-state index contributed by atoms with van der Waals surface area (Å²) in [6.45, 7) is -4.72. The fraction of sp³-hybridized carbons (Fsp3) is 1.00. The second kappa shape index (κ2) is 7.27. The van der Waals surface area contributed by atoms with Gasteiger partial charge in [-0.1, -0.05) is 0 Å². The van der Waals surface area contributed by atoms with Crippen molar-refractivity contribution in [3.8, 4) is 0 Å². The van der Waals surface area contributed by atoms with Crippen LogP contribution in [-0.2, 0) is 0 Å². The van der Waals surface area contributed by atoms with E-state index in [1.165, 1.54) is 0 Å². The van der Waals surface area contributed by atoms with E-state index in [1.54, 1.807) is 0 Å². The molecule has 0 saturated heterocycles. The minimum atomic E-state index is -6.36. The van der Waals surface area contributed by atoms with Gasteiger partial charge in [-0.05, 0) is 0 Å². The molecule has 0 aliphatic rings. The van der Waals surface area contributed by atoms with Crippen molar-refractivity contribution in [1.82, 2.24) is 0 Å². The van der Waals surface area contributed by atoms with Crippen molar-refractivity contribution >= 4 is 0 Å². The van der Waals surface area contributed by atoms with E-state index in [2.05, 4.69) is 0 Å². The van der Waals surface area contributed by atoms with Crippen molar-refractivity contribution in [2.45, 2.75) is 36.3 Å². The van der Waals surface area contributed by atoms with Gasteiger partial charge in [0.15, 0.2) is 0 Å². The zero-order valence-corrected chi connectivity index (χ0v) is 10.3. The summed E-state index contributed by atoms with van der Waals surface area (Å²) in [6.07, 6.45) is -16.3. The summed E-state index contributed by atoms with van der Waals surface area (Å²) in [5.74, 6) is -16.4. The molecule has 0 aromatic rings. The van der Waals surface area contributed by atoms with E-state index in [4.69, 9.17) is 10.2 Å². The summed E-state index contributed by atoms with van der Waals surface area (Å²) < 4.78 is 149. The Morgan fingerprint density at radius 1 is 0.652 bits per heavy atom. The van der Waals surface area contributed by atoms with Crippen LogP contribution in [0.2, 0.25) is 0 Å². The first kappa shape index (κ1) is 24.3. The Kier molecular flexibility index (Phi) is 7.67. The predicted octanol–water partition coefficient (Wildman–Crippen LogP) is 3.33. The lowest BCUT2D eigenvalue weighted by Crippen LogP contribution is -2.53. The van der Waals surface area contributed by atoms with Gasteiger partial charge in [-0.2, -0.15) is 43.9 Å². The van der Waals surface area contributed by atoms with Crippen molar-refractivity contribution < 1.29 is 67.3 Å². The average molecular weight is 382 g/mol. The SMILES string of the molecule is OCC(F)(F)C(F)(F)C(F)(F)F.OCC(F)(F)C(F)C(F)(F)F. The maximum absolute atomic E-state index is 11.7. The average Bonchev–Trinajstić information content (AvgIpc) is 2.35. The first-order valence-electron chi connectivity index (χ1n) is 4.90. The Labute approximate surface area is 118 Å². The van der Waals surface area contributed by atoms with E-state index in [1.807, 2.05) is 0 Å². The Hall–Kier alpha value is -0.990. The second-order valence-corrected chi connectivity index (χ2v) is 3.76. The molecule has 0 aromatic carbocycles. The van der Waals surface area contributed by atoms with Crippen LogP contribution in [0.15, 0.2) is 0 Å². The monoisotopic (exact) mass is 382 g/mol. The third-order valence-electron chi connectivity index (χ3n) is 1.88. The molecule has 0 amide bonds. The Morgan fingerprint density at radius 3 is 1.09 bits per heavy atom. The summed E-state index contributed by atoms with van der Waals surface area (Å²) >= 11 is 0. The highest BCUT2D eigenvalue weighted by atomic mass is 19.4. The minimum Gasteiger partial charge on any atom is -0.390 e. The molecule has 0 spiro atoms. The number of rotatable bonds is 4. The van der Waals surface area contributed by atoms with Crippen LogP contribution in [0.3, 0.4) is 0 Å². The molecule has 0 aliphatic heterocycles. The van der Waals surface area contributed by atoms with E-state index < -0.39 is 49.5 Å². The fourth-order valence-electron chi connectivity index (χ4n) is 0.626. The van der Waals surface area contributed by atoms with Gasteiger partial charge in [0, 0.05) is 0 Å². The smallest absolute Gasteiger partial charge is 0.390 e. The van der Waals surface area contributed by atoms with Crippen LogP contribution in [-0.4, -0.2) is 59.7 Å². The Balaban J connectivity index is 0. The highest BCUT2D eigenvalue weighted by Gasteiger charge is 2.72. The van der Waals surface area contributed by atoms with Gasteiger partial charge in [0.05, 0.1) is 0 Å². The first-order valence-corrected chi connectivity index (χ1v) is 4.90. The van der Waals surface area contributed by atoms with E-state index in [-0.39, 0.29) is 0 Å². The summed E-state index contributed by atoms with van der Waals surface area (Å²) in [5.41, 5.74) is 0. The molecule has 0 aromatic heterocycles. The zero-order chi connectivity index (χ0) is 19.5. The lowest BCUT2D eigenvalue weighted by atomic mass is 10.2. The van der Waals surface area contributed by atoms with E-state index >= 15 is 0 Å². The van der Waals surface area contributed by atoms with Gasteiger partial charge in [0.25, 0.3) is 6.17 Å². The zero-order valence-electron chi connectivity index (χ0n) is 10.3. The Bertz CT molecular complexity index is 358. The second-order valence-electron chi connectivity index (χ2n) is 3.76. The molecule has 142 valence electrons. The van der Waals surface area contributed by atoms with Crippen molar-refractivity contribution in [1.29, 1.82) is 0 Å². The van der Waals surface area contributed by atoms with Gasteiger partial charge >= 0.3 is 30.1 Å². The molecule has 1 atom stereocenters. The van der Waals surface area contributed by atoms with E-state index in [9.17, 15) is 57.1 Å². The number of hydrogen-bond donors (Lipinski definition) is 2. The predicted molar refractivity (Wildman–Crippen MR) is 46.0 cm³/mol. The van der Waals surface area contributed by atoms with Crippen LogP contribution in [0.4, 0.5) is 57.1 Å². The molecule has 0 aliphatic carbocycles.